The van der Waals surface area contributed by atoms with Gasteiger partial charge in [0, 0.05) is 49.2 Å². The average Bonchev–Trinajstić information content (AvgIpc) is 3.72. The number of pyridine rings is 1. The lowest BCUT2D eigenvalue weighted by Crippen LogP contribution is -2.33. The summed E-state index contributed by atoms with van der Waals surface area (Å²) >= 11 is 0. The predicted octanol–water partition coefficient (Wildman–Crippen LogP) is 10.2. The molecule has 6 nitrogen and oxygen atoms in total. The molecule has 0 fully saturated rings. The predicted molar refractivity (Wildman–Crippen MR) is 194 cm³/mol. The number of aromatic nitrogens is 1. The van der Waals surface area contributed by atoms with Crippen LogP contribution in [0.2, 0.25) is 0 Å². The molecule has 10 rings (SSSR count). The van der Waals surface area contributed by atoms with Crippen molar-refractivity contribution in [1.29, 1.82) is 0 Å². The number of nitrogens with zero attached hydrogens (tertiary/aromatic N) is 3. The summed E-state index contributed by atoms with van der Waals surface area (Å²) in [6.07, 6.45) is -0.475. The molecule has 0 saturated heterocycles. The molecule has 1 unspecified atom stereocenters. The first-order valence-electron chi connectivity index (χ1n) is 16.0. The molecule has 6 aromatic carbocycles. The number of furan rings is 2. The average molecular weight is 619 g/mol. The number of aliphatic imine (C=N–C) groups is 2. The van der Waals surface area contributed by atoms with E-state index in [9.17, 15) is 0 Å². The van der Waals surface area contributed by atoms with Crippen LogP contribution in [0, 0.1) is 0 Å². The molecule has 1 atom stereocenters. The minimum absolute atomic E-state index is 0.475. The molecule has 0 bridgehead atoms. The number of benzene rings is 6. The first-order valence-corrected chi connectivity index (χ1v) is 16.0. The third-order valence-electron chi connectivity index (χ3n) is 9.13. The number of nitrogens with one attached hydrogen (secondary N) is 1. The summed E-state index contributed by atoms with van der Waals surface area (Å²) in [5.74, 6) is 1.41. The normalized spacial score (nSPS) is 14.9. The van der Waals surface area contributed by atoms with Gasteiger partial charge in [-0.25, -0.2) is 15.0 Å². The summed E-state index contributed by atoms with van der Waals surface area (Å²) in [7, 11) is 0. The molecule has 0 amide bonds. The smallest absolute Gasteiger partial charge is 0.227 e. The van der Waals surface area contributed by atoms with Crippen LogP contribution in [0.5, 0.6) is 0 Å². The second kappa shape index (κ2) is 10.5. The van der Waals surface area contributed by atoms with E-state index in [0.717, 1.165) is 82.8 Å². The minimum atomic E-state index is -0.475. The standard InChI is InChI=1S/C42H26N4O2/c1-3-12-25(13-4-1)39-44-40(26-14-5-2-6-15-26)46-41(45-39)32-23-28(29-18-11-19-31-30-17-8-10-21-35(30)47-38(29)31)24-36-37(32)33-22-27-16-7-9-20-34(27)43-42(33)48-36/h1-24,41H,(H,44,45,46). The Bertz CT molecular complexity index is 2760. The van der Waals surface area contributed by atoms with Crippen molar-refractivity contribution in [3.63, 3.8) is 0 Å². The summed E-state index contributed by atoms with van der Waals surface area (Å²) < 4.78 is 13.1. The minimum Gasteiger partial charge on any atom is -0.455 e. The summed E-state index contributed by atoms with van der Waals surface area (Å²) in [5, 5.41) is 8.79. The number of fused-ring (bicyclic) bond motifs is 7. The Morgan fingerprint density at radius 3 is 2.19 bits per heavy atom. The van der Waals surface area contributed by atoms with E-state index in [1.54, 1.807) is 0 Å². The van der Waals surface area contributed by atoms with Crippen LogP contribution in [0.1, 0.15) is 22.9 Å². The van der Waals surface area contributed by atoms with Crippen molar-refractivity contribution < 1.29 is 8.83 Å². The molecule has 48 heavy (non-hydrogen) atoms. The second-order valence-corrected chi connectivity index (χ2v) is 12.0. The molecule has 1 aliphatic rings. The van der Waals surface area contributed by atoms with Gasteiger partial charge in [0.15, 0.2) is 5.84 Å². The van der Waals surface area contributed by atoms with Crippen LogP contribution in [0.4, 0.5) is 0 Å². The summed E-state index contributed by atoms with van der Waals surface area (Å²) in [6.45, 7) is 0. The van der Waals surface area contributed by atoms with E-state index >= 15 is 0 Å². The van der Waals surface area contributed by atoms with Gasteiger partial charge in [-0.3, -0.25) is 0 Å². The zero-order valence-electron chi connectivity index (χ0n) is 25.6. The van der Waals surface area contributed by atoms with Crippen LogP contribution in [0.3, 0.4) is 0 Å². The van der Waals surface area contributed by atoms with Gasteiger partial charge in [0.2, 0.25) is 5.71 Å². The highest BCUT2D eigenvalue weighted by Gasteiger charge is 2.26. The molecule has 1 N–H and O–H groups in total. The fraction of sp³-hybridized carbons (Fsp3) is 0.0238. The topological polar surface area (TPSA) is 75.9 Å². The zero-order valence-corrected chi connectivity index (χ0v) is 25.6. The largest absolute Gasteiger partial charge is 0.455 e. The van der Waals surface area contributed by atoms with E-state index < -0.39 is 6.17 Å². The monoisotopic (exact) mass is 618 g/mol. The van der Waals surface area contributed by atoms with Gasteiger partial charge < -0.3 is 14.2 Å². The molecule has 4 heterocycles. The van der Waals surface area contributed by atoms with Crippen molar-refractivity contribution in [2.24, 2.45) is 9.98 Å². The summed E-state index contributed by atoms with van der Waals surface area (Å²) in [5.41, 5.74) is 8.73. The molecule has 0 radical (unpaired) electrons. The van der Waals surface area contributed by atoms with Crippen molar-refractivity contribution in [3.8, 4) is 11.1 Å². The van der Waals surface area contributed by atoms with Crippen LogP contribution in [-0.2, 0) is 0 Å². The number of hydrogen-bond acceptors (Lipinski definition) is 6. The van der Waals surface area contributed by atoms with Crippen molar-refractivity contribution in [2.45, 2.75) is 6.17 Å². The van der Waals surface area contributed by atoms with Crippen LogP contribution < -0.4 is 5.32 Å². The van der Waals surface area contributed by atoms with E-state index in [1.165, 1.54) is 0 Å². The van der Waals surface area contributed by atoms with E-state index in [1.807, 2.05) is 84.9 Å². The van der Waals surface area contributed by atoms with Gasteiger partial charge in [0.1, 0.15) is 28.8 Å². The van der Waals surface area contributed by atoms with Gasteiger partial charge in [-0.2, -0.15) is 0 Å². The second-order valence-electron chi connectivity index (χ2n) is 12.0. The highest BCUT2D eigenvalue weighted by molar-refractivity contribution is 6.15. The van der Waals surface area contributed by atoms with E-state index in [-0.39, 0.29) is 0 Å². The van der Waals surface area contributed by atoms with Gasteiger partial charge in [-0.1, -0.05) is 115 Å². The van der Waals surface area contributed by atoms with Crippen LogP contribution in [0.25, 0.3) is 66.0 Å². The quantitative estimate of drug-likeness (QED) is 0.213. The molecule has 6 heteroatoms. The molecular formula is C42H26N4O2. The lowest BCUT2D eigenvalue weighted by atomic mass is 9.95. The number of amidine groups is 2. The lowest BCUT2D eigenvalue weighted by Gasteiger charge is -2.24. The summed E-state index contributed by atoms with van der Waals surface area (Å²) in [4.78, 5) is 15.2. The maximum absolute atomic E-state index is 6.60. The first-order chi connectivity index (χ1) is 23.8. The Balaban J connectivity index is 1.26. The number of hydrogen-bond donors (Lipinski definition) is 1. The van der Waals surface area contributed by atoms with Crippen molar-refractivity contribution in [1.82, 2.24) is 10.3 Å². The Morgan fingerprint density at radius 1 is 0.562 bits per heavy atom. The summed E-state index contributed by atoms with van der Waals surface area (Å²) in [6, 6.07) is 49.4. The van der Waals surface area contributed by atoms with Gasteiger partial charge in [0.25, 0.3) is 0 Å². The Labute approximate surface area is 274 Å². The highest BCUT2D eigenvalue weighted by atomic mass is 16.3. The Kier molecular flexibility index (Phi) is 5.84. The van der Waals surface area contributed by atoms with Crippen LogP contribution in [-0.4, -0.2) is 16.7 Å². The number of rotatable bonds is 4. The van der Waals surface area contributed by atoms with E-state index in [4.69, 9.17) is 23.8 Å². The van der Waals surface area contributed by atoms with Crippen molar-refractivity contribution in [3.05, 3.63) is 162 Å². The molecule has 226 valence electrons. The molecule has 0 saturated carbocycles. The molecule has 1 aliphatic heterocycles. The fourth-order valence-corrected chi connectivity index (χ4v) is 6.88. The van der Waals surface area contributed by atoms with E-state index in [2.05, 4.69) is 66.0 Å². The maximum atomic E-state index is 6.60. The first kappa shape index (κ1) is 26.7. The third-order valence-corrected chi connectivity index (χ3v) is 9.13. The van der Waals surface area contributed by atoms with Gasteiger partial charge >= 0.3 is 0 Å². The zero-order chi connectivity index (χ0) is 31.6. The molecule has 0 spiro atoms. The SMILES string of the molecule is c1ccc(C2=NC(c3cc(-c4cccc5c4oc4ccccc45)cc4oc5nc6ccccc6cc5c34)NC(c3ccccc3)=N2)cc1. The molecule has 3 aromatic heterocycles. The Morgan fingerprint density at radius 2 is 1.31 bits per heavy atom. The van der Waals surface area contributed by atoms with Crippen LogP contribution in [0.15, 0.2) is 164 Å². The van der Waals surface area contributed by atoms with Gasteiger partial charge in [-0.15, -0.1) is 0 Å². The maximum Gasteiger partial charge on any atom is 0.227 e. The van der Waals surface area contributed by atoms with Crippen molar-refractivity contribution >= 4 is 66.6 Å². The Hall–Kier alpha value is -6.53. The highest BCUT2D eigenvalue weighted by Crippen LogP contribution is 2.42. The van der Waals surface area contributed by atoms with Gasteiger partial charge in [0.05, 0.1) is 5.52 Å². The third kappa shape index (κ3) is 4.23. The fourth-order valence-electron chi connectivity index (χ4n) is 6.88. The van der Waals surface area contributed by atoms with Crippen LogP contribution >= 0.6 is 0 Å². The molecule has 9 aromatic rings. The van der Waals surface area contributed by atoms with Gasteiger partial charge in [-0.05, 0) is 35.9 Å². The lowest BCUT2D eigenvalue weighted by molar-refractivity contribution is 0.652. The van der Waals surface area contributed by atoms with E-state index in [0.29, 0.717) is 11.5 Å². The number of para-hydroxylation sites is 3. The molecule has 0 aliphatic carbocycles. The molecular weight excluding hydrogens is 592 g/mol. The van der Waals surface area contributed by atoms with Crippen molar-refractivity contribution in [2.75, 3.05) is 0 Å².